The van der Waals surface area contributed by atoms with Crippen molar-refractivity contribution in [2.45, 2.75) is 37.8 Å². The number of hydrogen-bond donors (Lipinski definition) is 0. The maximum absolute atomic E-state index is 12.2. The van der Waals surface area contributed by atoms with Crippen LogP contribution in [0.4, 0.5) is 0 Å². The maximum atomic E-state index is 12.2. The van der Waals surface area contributed by atoms with E-state index in [-0.39, 0.29) is 11.1 Å². The molecule has 6 nitrogen and oxygen atoms in total. The molecule has 6 rings (SSSR count). The van der Waals surface area contributed by atoms with E-state index in [2.05, 4.69) is 21.9 Å². The first-order chi connectivity index (χ1) is 14.6. The molecule has 6 heterocycles. The summed E-state index contributed by atoms with van der Waals surface area (Å²) in [6, 6.07) is 11.5. The normalized spacial score (nSPS) is 30.5. The van der Waals surface area contributed by atoms with E-state index in [0.717, 1.165) is 52.4 Å². The molecule has 0 aromatic carbocycles. The van der Waals surface area contributed by atoms with Gasteiger partial charge in [0.05, 0.1) is 0 Å². The SMILES string of the molecule is O=c1cccc2n1C[C@H]1C[C@@H]2CN(CCN2C[C@@H]3C[C@@H](C2)c2cccc(=O)n2C3)C1. The standard InChI is InChI=1S/C24H30N4O2/c29-23-5-1-3-21-19-9-17(13-27(21)23)11-25(15-19)7-8-26-12-18-10-20(16-26)22-4-2-6-24(30)28(22)14-18/h1-6,17-20H,7-16H2/t17-,18-,19-,20+/m0/s1. The Balaban J connectivity index is 1.12. The van der Waals surface area contributed by atoms with Gasteiger partial charge in [-0.15, -0.1) is 0 Å². The van der Waals surface area contributed by atoms with Gasteiger partial charge in [0.25, 0.3) is 11.1 Å². The largest absolute Gasteiger partial charge is 0.312 e. The van der Waals surface area contributed by atoms with E-state index in [4.69, 9.17) is 0 Å². The molecular formula is C24H30N4O2. The first-order valence-electron chi connectivity index (χ1n) is 11.5. The van der Waals surface area contributed by atoms with Crippen LogP contribution in [-0.4, -0.2) is 58.2 Å². The molecule has 0 aliphatic carbocycles. The van der Waals surface area contributed by atoms with Crippen molar-refractivity contribution in [3.8, 4) is 0 Å². The molecule has 0 radical (unpaired) electrons. The summed E-state index contributed by atoms with van der Waals surface area (Å²) in [5.41, 5.74) is 2.79. The number of nitrogens with zero attached hydrogens (tertiary/aromatic N) is 4. The average molecular weight is 407 g/mol. The predicted octanol–water partition coefficient (Wildman–Crippen LogP) is 1.55. The highest BCUT2D eigenvalue weighted by molar-refractivity contribution is 5.18. The molecule has 0 spiro atoms. The van der Waals surface area contributed by atoms with E-state index in [1.807, 2.05) is 21.3 Å². The summed E-state index contributed by atoms with van der Waals surface area (Å²) in [7, 11) is 0. The van der Waals surface area contributed by atoms with Gasteiger partial charge >= 0.3 is 0 Å². The van der Waals surface area contributed by atoms with E-state index in [9.17, 15) is 9.59 Å². The minimum absolute atomic E-state index is 0.162. The molecule has 0 unspecified atom stereocenters. The Kier molecular flexibility index (Phi) is 4.46. The van der Waals surface area contributed by atoms with Crippen LogP contribution in [0.1, 0.15) is 36.1 Å². The quantitative estimate of drug-likeness (QED) is 0.776. The van der Waals surface area contributed by atoms with Crippen LogP contribution in [0.15, 0.2) is 46.0 Å². The zero-order chi connectivity index (χ0) is 20.2. The Hall–Kier alpha value is -2.18. The summed E-state index contributed by atoms with van der Waals surface area (Å²) in [6.07, 6.45) is 2.44. The molecule has 2 aromatic heterocycles. The van der Waals surface area contributed by atoms with Gasteiger partial charge in [-0.2, -0.15) is 0 Å². The van der Waals surface area contributed by atoms with Crippen LogP contribution in [0.3, 0.4) is 0 Å². The van der Waals surface area contributed by atoms with E-state index in [1.54, 1.807) is 12.1 Å². The smallest absolute Gasteiger partial charge is 0.250 e. The fourth-order valence-corrected chi connectivity index (χ4v) is 6.64. The maximum Gasteiger partial charge on any atom is 0.250 e. The van der Waals surface area contributed by atoms with Crippen molar-refractivity contribution < 1.29 is 0 Å². The van der Waals surface area contributed by atoms with Gasteiger partial charge in [-0.05, 0) is 36.8 Å². The lowest BCUT2D eigenvalue weighted by Crippen LogP contribution is -2.51. The van der Waals surface area contributed by atoms with Crippen LogP contribution >= 0.6 is 0 Å². The van der Waals surface area contributed by atoms with Crippen molar-refractivity contribution in [3.05, 3.63) is 68.5 Å². The molecule has 4 aliphatic rings. The van der Waals surface area contributed by atoms with Crippen LogP contribution in [0.2, 0.25) is 0 Å². The molecule has 2 fully saturated rings. The van der Waals surface area contributed by atoms with Gasteiger partial charge in [0.15, 0.2) is 0 Å². The summed E-state index contributed by atoms with van der Waals surface area (Å²) >= 11 is 0. The van der Waals surface area contributed by atoms with Crippen molar-refractivity contribution in [3.63, 3.8) is 0 Å². The molecule has 2 aromatic rings. The number of hydrogen-bond acceptors (Lipinski definition) is 4. The number of rotatable bonds is 3. The minimum Gasteiger partial charge on any atom is -0.312 e. The van der Waals surface area contributed by atoms with Crippen LogP contribution in [0.25, 0.3) is 0 Å². The van der Waals surface area contributed by atoms with Crippen molar-refractivity contribution in [1.29, 1.82) is 0 Å². The number of fused-ring (bicyclic) bond motifs is 8. The monoisotopic (exact) mass is 406 g/mol. The number of likely N-dealkylation sites (tertiary alicyclic amines) is 2. The third kappa shape index (κ3) is 3.17. The van der Waals surface area contributed by atoms with E-state index < -0.39 is 0 Å². The number of pyridine rings is 2. The Morgan fingerprint density at radius 1 is 0.633 bits per heavy atom. The summed E-state index contributed by atoms with van der Waals surface area (Å²) < 4.78 is 4.03. The molecule has 30 heavy (non-hydrogen) atoms. The van der Waals surface area contributed by atoms with Crippen LogP contribution in [-0.2, 0) is 13.1 Å². The van der Waals surface area contributed by atoms with Crippen LogP contribution in [0.5, 0.6) is 0 Å². The first kappa shape index (κ1) is 18.6. The topological polar surface area (TPSA) is 50.5 Å². The molecular weight excluding hydrogens is 376 g/mol. The van der Waals surface area contributed by atoms with Crippen molar-refractivity contribution in [1.82, 2.24) is 18.9 Å². The van der Waals surface area contributed by atoms with Gasteiger partial charge in [-0.25, -0.2) is 0 Å². The summed E-state index contributed by atoms with van der Waals surface area (Å²) in [5.74, 6) is 2.17. The second kappa shape index (κ2) is 7.20. The summed E-state index contributed by atoms with van der Waals surface area (Å²) in [5, 5.41) is 0. The van der Waals surface area contributed by atoms with Crippen LogP contribution < -0.4 is 11.1 Å². The first-order valence-corrected chi connectivity index (χ1v) is 11.5. The Bertz CT molecular complexity index is 988. The zero-order valence-electron chi connectivity index (χ0n) is 17.4. The predicted molar refractivity (Wildman–Crippen MR) is 116 cm³/mol. The van der Waals surface area contributed by atoms with Gasteiger partial charge in [0.1, 0.15) is 0 Å². The lowest BCUT2D eigenvalue weighted by Gasteiger charge is -2.45. The van der Waals surface area contributed by atoms with E-state index in [1.165, 1.54) is 24.2 Å². The second-order valence-electron chi connectivity index (χ2n) is 9.92. The van der Waals surface area contributed by atoms with Gasteiger partial charge < -0.3 is 18.9 Å². The lowest BCUT2D eigenvalue weighted by atomic mass is 9.82. The van der Waals surface area contributed by atoms with Crippen molar-refractivity contribution in [2.24, 2.45) is 11.8 Å². The van der Waals surface area contributed by atoms with Gasteiger partial charge in [0, 0.05) is 87.7 Å². The molecule has 6 heteroatoms. The van der Waals surface area contributed by atoms with E-state index >= 15 is 0 Å². The third-order valence-corrected chi connectivity index (χ3v) is 7.84. The van der Waals surface area contributed by atoms with Crippen molar-refractivity contribution >= 4 is 0 Å². The molecule has 4 aliphatic heterocycles. The van der Waals surface area contributed by atoms with Crippen molar-refractivity contribution in [2.75, 3.05) is 39.3 Å². The molecule has 4 bridgehead atoms. The zero-order valence-corrected chi connectivity index (χ0v) is 17.4. The third-order valence-electron chi connectivity index (χ3n) is 7.84. The minimum atomic E-state index is 0.162. The molecule has 0 amide bonds. The lowest BCUT2D eigenvalue weighted by molar-refractivity contribution is 0.0793. The second-order valence-corrected chi connectivity index (χ2v) is 9.92. The Labute approximate surface area is 176 Å². The fourth-order valence-electron chi connectivity index (χ4n) is 6.64. The molecule has 4 atom stereocenters. The van der Waals surface area contributed by atoms with Crippen LogP contribution in [0, 0.1) is 11.8 Å². The Morgan fingerprint density at radius 2 is 1.10 bits per heavy atom. The number of aromatic nitrogens is 2. The molecule has 0 saturated carbocycles. The van der Waals surface area contributed by atoms with E-state index in [0.29, 0.717) is 23.7 Å². The molecule has 158 valence electrons. The molecule has 0 N–H and O–H groups in total. The highest BCUT2D eigenvalue weighted by Gasteiger charge is 2.36. The average Bonchev–Trinajstić information content (AvgIpc) is 2.74. The summed E-state index contributed by atoms with van der Waals surface area (Å²) in [4.78, 5) is 29.7. The van der Waals surface area contributed by atoms with Gasteiger partial charge in [-0.3, -0.25) is 9.59 Å². The summed E-state index contributed by atoms with van der Waals surface area (Å²) in [6.45, 7) is 8.31. The highest BCUT2D eigenvalue weighted by Crippen LogP contribution is 2.36. The van der Waals surface area contributed by atoms with Gasteiger partial charge in [0.2, 0.25) is 0 Å². The Morgan fingerprint density at radius 3 is 1.57 bits per heavy atom. The fraction of sp³-hybridized carbons (Fsp3) is 0.583. The highest BCUT2D eigenvalue weighted by atomic mass is 16.1. The van der Waals surface area contributed by atoms with Gasteiger partial charge in [-0.1, -0.05) is 12.1 Å². The molecule has 2 saturated heterocycles. The number of piperidine rings is 2.